The zero-order chi connectivity index (χ0) is 18.7. The predicted octanol–water partition coefficient (Wildman–Crippen LogP) is 6.23. The van der Waals surface area contributed by atoms with E-state index in [1.807, 2.05) is 38.1 Å². The largest absolute Gasteiger partial charge is 0.490 e. The zero-order valence-corrected chi connectivity index (χ0v) is 17.0. The van der Waals surface area contributed by atoms with E-state index in [4.69, 9.17) is 21.1 Å². The predicted molar refractivity (Wildman–Crippen MR) is 109 cm³/mol. The molecule has 1 unspecified atom stereocenters. The quantitative estimate of drug-likeness (QED) is 0.592. The number of allylic oxidation sites excluding steroid dienone is 1. The Morgan fingerprint density at radius 2 is 2.04 bits per heavy atom. The van der Waals surface area contributed by atoms with Gasteiger partial charge >= 0.3 is 0 Å². The van der Waals surface area contributed by atoms with Crippen LogP contribution in [0.15, 0.2) is 24.3 Å². The maximum absolute atomic E-state index is 9.84. The number of aliphatic hydroxyl groups excluding tert-OH is 1. The maximum Gasteiger partial charge on any atom is 0.190 e. The first-order valence-electron chi connectivity index (χ1n) is 8.94. The first-order chi connectivity index (χ1) is 12.5. The summed E-state index contributed by atoms with van der Waals surface area (Å²) in [6.07, 6.45) is 6.31. The van der Waals surface area contributed by atoms with Gasteiger partial charge in [-0.25, -0.2) is 0 Å². The third kappa shape index (κ3) is 4.49. The van der Waals surface area contributed by atoms with Gasteiger partial charge in [-0.1, -0.05) is 11.6 Å². The molecular weight excluding hydrogens is 368 g/mol. The first-order valence-corrected chi connectivity index (χ1v) is 10.1. The third-order valence-electron chi connectivity index (χ3n) is 4.76. The molecule has 1 N–H and O–H groups in total. The van der Waals surface area contributed by atoms with Crippen molar-refractivity contribution in [1.82, 2.24) is 0 Å². The molecule has 0 spiro atoms. The van der Waals surface area contributed by atoms with Gasteiger partial charge in [-0.05, 0) is 86.6 Å². The maximum atomic E-state index is 9.84. The normalized spacial score (nSPS) is 16.9. The fraction of sp³-hybridized carbons (Fsp3) is 0.429. The van der Waals surface area contributed by atoms with Gasteiger partial charge in [0.2, 0.25) is 0 Å². The molecule has 1 atom stereocenters. The molecule has 1 saturated carbocycles. The Balaban J connectivity index is 1.79. The van der Waals surface area contributed by atoms with Crippen molar-refractivity contribution in [3.05, 3.63) is 50.2 Å². The Morgan fingerprint density at radius 3 is 2.69 bits per heavy atom. The van der Waals surface area contributed by atoms with Crippen LogP contribution in [0.1, 0.15) is 59.8 Å². The van der Waals surface area contributed by atoms with E-state index in [2.05, 4.69) is 6.08 Å². The van der Waals surface area contributed by atoms with E-state index < -0.39 is 6.29 Å². The fourth-order valence-corrected chi connectivity index (χ4v) is 4.73. The molecule has 0 amide bonds. The summed E-state index contributed by atoms with van der Waals surface area (Å²) in [4.78, 5) is 1.89. The summed E-state index contributed by atoms with van der Waals surface area (Å²) in [7, 11) is 1.50. The second-order valence-electron chi connectivity index (χ2n) is 6.78. The average Bonchev–Trinajstić information content (AvgIpc) is 3.24. The van der Waals surface area contributed by atoms with Crippen molar-refractivity contribution in [1.29, 1.82) is 0 Å². The summed E-state index contributed by atoms with van der Waals surface area (Å²) < 4.78 is 11.0. The lowest BCUT2D eigenvalue weighted by Crippen LogP contribution is -2.10. The first kappa shape index (κ1) is 19.4. The van der Waals surface area contributed by atoms with Crippen LogP contribution in [0.25, 0.3) is 11.6 Å². The van der Waals surface area contributed by atoms with Gasteiger partial charge in [0.15, 0.2) is 6.29 Å². The van der Waals surface area contributed by atoms with E-state index in [0.717, 1.165) is 45.0 Å². The van der Waals surface area contributed by atoms with Crippen LogP contribution in [-0.2, 0) is 4.74 Å². The van der Waals surface area contributed by atoms with Crippen molar-refractivity contribution in [2.45, 2.75) is 51.9 Å². The molecule has 0 bridgehead atoms. The summed E-state index contributed by atoms with van der Waals surface area (Å²) >= 11 is 8.04. The molecule has 140 valence electrons. The van der Waals surface area contributed by atoms with Gasteiger partial charge in [-0.2, -0.15) is 0 Å². The van der Waals surface area contributed by atoms with E-state index in [1.54, 1.807) is 0 Å². The number of ether oxygens (including phenoxy) is 2. The molecule has 1 heterocycles. The van der Waals surface area contributed by atoms with E-state index >= 15 is 0 Å². The van der Waals surface area contributed by atoms with Gasteiger partial charge in [0, 0.05) is 12.0 Å². The minimum Gasteiger partial charge on any atom is -0.490 e. The Labute approximate surface area is 164 Å². The van der Waals surface area contributed by atoms with Crippen LogP contribution in [0.3, 0.4) is 0 Å². The Hall–Kier alpha value is -1.33. The molecule has 1 aliphatic rings. The molecule has 26 heavy (non-hydrogen) atoms. The topological polar surface area (TPSA) is 38.7 Å². The molecule has 2 aromatic rings. The Kier molecular flexibility index (Phi) is 6.41. The summed E-state index contributed by atoms with van der Waals surface area (Å²) in [6, 6.07) is 7.89. The molecule has 0 aliphatic heterocycles. The number of thiophene rings is 1. The van der Waals surface area contributed by atoms with Crippen molar-refractivity contribution in [3.8, 4) is 5.75 Å². The second kappa shape index (κ2) is 8.57. The van der Waals surface area contributed by atoms with Crippen LogP contribution in [0.2, 0.25) is 5.02 Å². The van der Waals surface area contributed by atoms with Gasteiger partial charge in [0.1, 0.15) is 5.75 Å². The molecule has 5 heteroatoms. The standard InChI is InChI=1S/C21H25ClO3S/c1-13(10-19-14(2)11-20(26-19)21(23)24-3)17-9-8-16(12-18(17)22)25-15-6-4-5-7-15/h8-12,15,21,23H,4-7H2,1-3H3/b13-10+. The average molecular weight is 393 g/mol. The monoisotopic (exact) mass is 392 g/mol. The lowest BCUT2D eigenvalue weighted by Gasteiger charge is -2.14. The smallest absolute Gasteiger partial charge is 0.190 e. The number of aliphatic hydroxyl groups is 1. The molecule has 1 aromatic carbocycles. The Morgan fingerprint density at radius 1 is 1.31 bits per heavy atom. The highest BCUT2D eigenvalue weighted by atomic mass is 35.5. The van der Waals surface area contributed by atoms with E-state index in [0.29, 0.717) is 11.1 Å². The van der Waals surface area contributed by atoms with Gasteiger partial charge in [0.25, 0.3) is 0 Å². The van der Waals surface area contributed by atoms with Crippen LogP contribution in [0.4, 0.5) is 0 Å². The summed E-state index contributed by atoms with van der Waals surface area (Å²) in [5, 5.41) is 10.5. The summed E-state index contributed by atoms with van der Waals surface area (Å²) in [5.74, 6) is 0.844. The third-order valence-corrected chi connectivity index (χ3v) is 6.29. The molecule has 3 rings (SSSR count). The number of halogens is 1. The molecule has 1 aliphatic carbocycles. The highest BCUT2D eigenvalue weighted by Crippen LogP contribution is 2.34. The van der Waals surface area contributed by atoms with E-state index in [1.165, 1.54) is 31.3 Å². The van der Waals surface area contributed by atoms with Crippen molar-refractivity contribution < 1.29 is 14.6 Å². The van der Waals surface area contributed by atoms with Crippen molar-refractivity contribution in [2.24, 2.45) is 0 Å². The lowest BCUT2D eigenvalue weighted by molar-refractivity contribution is -0.0743. The van der Waals surface area contributed by atoms with Gasteiger partial charge in [-0.15, -0.1) is 11.3 Å². The summed E-state index contributed by atoms with van der Waals surface area (Å²) in [5.41, 5.74) is 3.18. The van der Waals surface area contributed by atoms with Crippen molar-refractivity contribution in [2.75, 3.05) is 7.11 Å². The highest BCUT2D eigenvalue weighted by molar-refractivity contribution is 7.13. The summed E-state index contributed by atoms with van der Waals surface area (Å²) in [6.45, 7) is 4.08. The number of rotatable bonds is 6. The number of methoxy groups -OCH3 is 1. The minimum atomic E-state index is -0.878. The molecule has 3 nitrogen and oxygen atoms in total. The SMILES string of the molecule is COC(O)c1cc(C)c(/C=C(\C)c2ccc(OC3CCCC3)cc2Cl)s1. The van der Waals surface area contributed by atoms with Gasteiger partial charge < -0.3 is 14.6 Å². The van der Waals surface area contributed by atoms with Gasteiger partial charge in [-0.3, -0.25) is 0 Å². The number of hydrogen-bond donors (Lipinski definition) is 1. The molecule has 0 radical (unpaired) electrons. The molecular formula is C21H25ClO3S. The van der Waals surface area contributed by atoms with Crippen LogP contribution in [-0.4, -0.2) is 18.3 Å². The van der Waals surface area contributed by atoms with E-state index in [-0.39, 0.29) is 0 Å². The Bertz CT molecular complexity index is 791. The molecule has 0 saturated heterocycles. The zero-order valence-electron chi connectivity index (χ0n) is 15.4. The molecule has 1 fully saturated rings. The van der Waals surface area contributed by atoms with Crippen LogP contribution < -0.4 is 4.74 Å². The number of benzene rings is 1. The fourth-order valence-electron chi connectivity index (χ4n) is 3.26. The van der Waals surface area contributed by atoms with Crippen molar-refractivity contribution in [3.63, 3.8) is 0 Å². The number of aryl methyl sites for hydroxylation is 1. The van der Waals surface area contributed by atoms with E-state index in [9.17, 15) is 5.11 Å². The minimum absolute atomic E-state index is 0.327. The van der Waals surface area contributed by atoms with Crippen LogP contribution in [0, 0.1) is 6.92 Å². The van der Waals surface area contributed by atoms with Crippen molar-refractivity contribution >= 4 is 34.6 Å². The van der Waals surface area contributed by atoms with Crippen LogP contribution in [0.5, 0.6) is 5.75 Å². The molecule has 1 aromatic heterocycles. The van der Waals surface area contributed by atoms with Crippen LogP contribution >= 0.6 is 22.9 Å². The lowest BCUT2D eigenvalue weighted by atomic mass is 10.1. The highest BCUT2D eigenvalue weighted by Gasteiger charge is 2.17. The van der Waals surface area contributed by atoms with Gasteiger partial charge in [0.05, 0.1) is 16.0 Å². The number of hydrogen-bond acceptors (Lipinski definition) is 4. The second-order valence-corrected chi connectivity index (χ2v) is 8.30.